The van der Waals surface area contributed by atoms with Crippen molar-refractivity contribution in [3.8, 4) is 11.5 Å². The van der Waals surface area contributed by atoms with E-state index in [0.717, 1.165) is 49.4 Å². The lowest BCUT2D eigenvalue weighted by Gasteiger charge is -2.35. The van der Waals surface area contributed by atoms with Gasteiger partial charge in [-0.3, -0.25) is 4.57 Å². The lowest BCUT2D eigenvalue weighted by molar-refractivity contribution is 0.222. The lowest BCUT2D eigenvalue weighted by Crippen LogP contribution is -2.36. The topological polar surface area (TPSA) is 79.2 Å². The highest BCUT2D eigenvalue weighted by Gasteiger charge is 2.23. The number of methoxy groups -OCH3 is 1. The van der Waals surface area contributed by atoms with Crippen LogP contribution in [0.2, 0.25) is 0 Å². The quantitative estimate of drug-likeness (QED) is 0.325. The van der Waals surface area contributed by atoms with E-state index in [2.05, 4.69) is 43.9 Å². The second-order valence-electron chi connectivity index (χ2n) is 11.5. The zero-order valence-electron chi connectivity index (χ0n) is 22.6. The molecule has 3 rings (SSSR count). The van der Waals surface area contributed by atoms with Gasteiger partial charge in [-0.1, -0.05) is 45.9 Å². The van der Waals surface area contributed by atoms with Crippen molar-refractivity contribution in [2.24, 2.45) is 11.3 Å². The molecule has 7 heteroatoms. The number of benzene rings is 2. The van der Waals surface area contributed by atoms with Gasteiger partial charge in [0.15, 0.2) is 0 Å². The predicted molar refractivity (Wildman–Crippen MR) is 148 cm³/mol. The van der Waals surface area contributed by atoms with Crippen LogP contribution in [0.3, 0.4) is 0 Å². The zero-order valence-corrected chi connectivity index (χ0v) is 23.5. The van der Waals surface area contributed by atoms with Crippen molar-refractivity contribution in [2.45, 2.75) is 65.7 Å². The molecule has 0 amide bonds. The normalized spacial score (nSPS) is 16.1. The number of aryl methyl sites for hydroxylation is 1. The van der Waals surface area contributed by atoms with Gasteiger partial charge in [0.25, 0.3) is 0 Å². The summed E-state index contributed by atoms with van der Waals surface area (Å²) in [4.78, 5) is 21.1. The van der Waals surface area contributed by atoms with Gasteiger partial charge in [-0.15, -0.1) is 0 Å². The van der Waals surface area contributed by atoms with Crippen molar-refractivity contribution >= 4 is 13.3 Å². The van der Waals surface area contributed by atoms with Gasteiger partial charge in [0.05, 0.1) is 19.9 Å². The Kier molecular flexibility index (Phi) is 9.91. The monoisotopic (exact) mass is 517 g/mol. The fraction of sp³-hybridized carbons (Fsp3) is 0.586. The minimum absolute atomic E-state index is 0.155. The molecule has 0 spiro atoms. The maximum absolute atomic E-state index is 11.4. The highest BCUT2D eigenvalue weighted by molar-refractivity contribution is 7.51. The molecule has 0 aliphatic carbocycles. The highest BCUT2D eigenvalue weighted by atomic mass is 31.2. The number of ether oxygens (including phenoxy) is 2. The summed E-state index contributed by atoms with van der Waals surface area (Å²) in [5.74, 6) is 1.93. The third-order valence-corrected chi connectivity index (χ3v) is 8.07. The first-order valence-corrected chi connectivity index (χ1v) is 14.9. The first-order chi connectivity index (χ1) is 16.9. The Morgan fingerprint density at radius 1 is 1.08 bits per heavy atom. The second-order valence-corrected chi connectivity index (χ2v) is 13.2. The van der Waals surface area contributed by atoms with E-state index in [1.165, 1.54) is 24.1 Å². The van der Waals surface area contributed by atoms with Gasteiger partial charge in [0.2, 0.25) is 0 Å². The number of rotatable bonds is 11. The second kappa shape index (κ2) is 12.5. The zero-order chi connectivity index (χ0) is 26.3. The minimum Gasteiger partial charge on any atom is -0.497 e. The molecular formula is C29H44NO5P. The highest BCUT2D eigenvalue weighted by Crippen LogP contribution is 2.40. The number of hydrogen-bond donors (Lipinski definition) is 2. The molecule has 1 heterocycles. The predicted octanol–water partition coefficient (Wildman–Crippen LogP) is 6.64. The van der Waals surface area contributed by atoms with Crippen molar-refractivity contribution in [2.75, 3.05) is 37.9 Å². The largest absolute Gasteiger partial charge is 0.497 e. The minimum atomic E-state index is -4.05. The average molecular weight is 518 g/mol. The Morgan fingerprint density at radius 2 is 1.81 bits per heavy atom. The third kappa shape index (κ3) is 9.14. The van der Waals surface area contributed by atoms with Crippen LogP contribution in [0, 0.1) is 11.3 Å². The average Bonchev–Trinajstić information content (AvgIpc) is 2.81. The van der Waals surface area contributed by atoms with Crippen molar-refractivity contribution in [1.29, 1.82) is 0 Å². The molecule has 2 aromatic carbocycles. The van der Waals surface area contributed by atoms with Gasteiger partial charge < -0.3 is 24.2 Å². The molecule has 0 radical (unpaired) electrons. The number of nitrogens with zero attached hydrogens (tertiary/aromatic N) is 1. The molecule has 2 N–H and O–H groups in total. The Hall–Kier alpha value is -2.01. The van der Waals surface area contributed by atoms with Crippen LogP contribution < -0.4 is 14.4 Å². The van der Waals surface area contributed by atoms with Crippen LogP contribution in [0.25, 0.3) is 0 Å². The molecule has 36 heavy (non-hydrogen) atoms. The molecule has 0 bridgehead atoms. The van der Waals surface area contributed by atoms with Crippen LogP contribution in [0.4, 0.5) is 5.69 Å². The van der Waals surface area contributed by atoms with Crippen molar-refractivity contribution in [3.63, 3.8) is 0 Å². The summed E-state index contributed by atoms with van der Waals surface area (Å²) in [5.41, 5.74) is 3.94. The van der Waals surface area contributed by atoms with E-state index in [9.17, 15) is 14.4 Å². The Morgan fingerprint density at radius 3 is 2.44 bits per heavy atom. The van der Waals surface area contributed by atoms with E-state index in [0.29, 0.717) is 17.9 Å². The van der Waals surface area contributed by atoms with E-state index >= 15 is 0 Å². The molecule has 1 atom stereocenters. The molecule has 1 saturated heterocycles. The first kappa shape index (κ1) is 28.6. The first-order valence-electron chi connectivity index (χ1n) is 13.1. The molecule has 0 aromatic heterocycles. The summed E-state index contributed by atoms with van der Waals surface area (Å²) in [5, 5.41) is 0. The summed E-state index contributed by atoms with van der Waals surface area (Å²) >= 11 is 0. The maximum atomic E-state index is 11.4. The maximum Gasteiger partial charge on any atom is 0.326 e. The number of hydrogen-bond acceptors (Lipinski definition) is 4. The van der Waals surface area contributed by atoms with Crippen molar-refractivity contribution in [3.05, 3.63) is 53.6 Å². The molecule has 1 unspecified atom stereocenters. The molecule has 200 valence electrons. The standard InChI is InChI=1S/C29H44NO5P/c1-22(21-36(31,32)33)25-8-6-10-27(18-25)35-20-23-13-16-30(17-14-23)28-19-26(34-5)12-11-24(28)9-7-15-29(2,3)4/h6,8,10-12,18-19,22-23H,7,9,13-17,20-21H2,1-5H3,(H2,31,32,33). The van der Waals surface area contributed by atoms with Gasteiger partial charge in [-0.2, -0.15) is 0 Å². The van der Waals surface area contributed by atoms with Gasteiger partial charge in [0.1, 0.15) is 11.5 Å². The molecule has 1 fully saturated rings. The van der Waals surface area contributed by atoms with Gasteiger partial charge >= 0.3 is 7.60 Å². The fourth-order valence-electron chi connectivity index (χ4n) is 4.91. The smallest absolute Gasteiger partial charge is 0.326 e. The summed E-state index contributed by atoms with van der Waals surface area (Å²) in [7, 11) is -2.32. The number of anilines is 1. The van der Waals surface area contributed by atoms with Crippen LogP contribution >= 0.6 is 7.60 Å². The van der Waals surface area contributed by atoms with Gasteiger partial charge in [-0.05, 0) is 78.7 Å². The lowest BCUT2D eigenvalue weighted by atomic mass is 9.88. The molecule has 6 nitrogen and oxygen atoms in total. The van der Waals surface area contributed by atoms with E-state index in [-0.39, 0.29) is 12.1 Å². The molecular weight excluding hydrogens is 473 g/mol. The van der Waals surface area contributed by atoms with Crippen LogP contribution in [0.5, 0.6) is 11.5 Å². The van der Waals surface area contributed by atoms with Gasteiger partial charge in [0, 0.05) is 24.8 Å². The number of piperidine rings is 1. The Balaban J connectivity index is 1.56. The van der Waals surface area contributed by atoms with Crippen LogP contribution in [0.15, 0.2) is 42.5 Å². The Labute approximate surface area is 217 Å². The fourth-order valence-corrected chi connectivity index (χ4v) is 5.84. The van der Waals surface area contributed by atoms with E-state index in [1.807, 2.05) is 31.2 Å². The van der Waals surface area contributed by atoms with Gasteiger partial charge in [-0.25, -0.2) is 0 Å². The molecule has 2 aromatic rings. The SMILES string of the molecule is COc1ccc(CCCC(C)(C)C)c(N2CCC(COc3cccc(C(C)CP(=O)(O)O)c3)CC2)c1. The van der Waals surface area contributed by atoms with Crippen molar-refractivity contribution < 1.29 is 23.8 Å². The third-order valence-electron chi connectivity index (χ3n) is 7.05. The molecule has 1 aliphatic heterocycles. The van der Waals surface area contributed by atoms with Crippen molar-refractivity contribution in [1.82, 2.24) is 0 Å². The Bertz CT molecular complexity index is 1020. The van der Waals surface area contributed by atoms with E-state index in [1.54, 1.807) is 7.11 Å². The van der Waals surface area contributed by atoms with Crippen LogP contribution in [0.1, 0.15) is 70.4 Å². The van der Waals surface area contributed by atoms with E-state index in [4.69, 9.17) is 9.47 Å². The van der Waals surface area contributed by atoms with Crippen LogP contribution in [-0.4, -0.2) is 42.8 Å². The summed E-state index contributed by atoms with van der Waals surface area (Å²) in [6.45, 7) is 11.4. The van der Waals surface area contributed by atoms with E-state index < -0.39 is 7.60 Å². The van der Waals surface area contributed by atoms with Crippen LogP contribution in [-0.2, 0) is 11.0 Å². The molecule has 1 aliphatic rings. The molecule has 0 saturated carbocycles. The summed E-state index contributed by atoms with van der Waals surface area (Å²) in [6.07, 6.45) is 5.43. The summed E-state index contributed by atoms with van der Waals surface area (Å²) < 4.78 is 23.0. The summed E-state index contributed by atoms with van der Waals surface area (Å²) in [6, 6.07) is 14.1.